The van der Waals surface area contributed by atoms with Crippen molar-refractivity contribution < 1.29 is 9.59 Å². The molecule has 0 heterocycles. The summed E-state index contributed by atoms with van der Waals surface area (Å²) in [6.07, 6.45) is -0.152. The topological polar surface area (TPSA) is 190 Å². The molecule has 0 aromatic heterocycles. The summed E-state index contributed by atoms with van der Waals surface area (Å²) < 4.78 is 0. The Morgan fingerprint density at radius 2 is 1.27 bits per heavy atom. The van der Waals surface area contributed by atoms with Crippen LogP contribution in [-0.2, 0) is 9.59 Å². The van der Waals surface area contributed by atoms with Gasteiger partial charge in [0, 0.05) is 0 Å². The van der Waals surface area contributed by atoms with E-state index in [4.69, 9.17) is 33.4 Å². The van der Waals surface area contributed by atoms with Crippen LogP contribution in [0.5, 0.6) is 0 Å². The molecule has 0 aliphatic rings. The second-order valence-corrected chi connectivity index (χ2v) is 2.24. The third kappa shape index (κ3) is 2.65. The first-order valence-corrected chi connectivity index (χ1v) is 3.44. The summed E-state index contributed by atoms with van der Waals surface area (Å²) in [7, 11) is 0. The second kappa shape index (κ2) is 4.55. The van der Waals surface area contributed by atoms with Gasteiger partial charge in [0.1, 0.15) is 0 Å². The number of guanidine groups is 3. The fourth-order valence-corrected chi connectivity index (χ4v) is 0.720. The van der Waals surface area contributed by atoms with Crippen LogP contribution in [0, 0.1) is 16.2 Å². The van der Waals surface area contributed by atoms with Gasteiger partial charge >= 0.3 is 5.91 Å². The van der Waals surface area contributed by atoms with Crippen LogP contribution in [0.15, 0.2) is 0 Å². The van der Waals surface area contributed by atoms with Crippen LogP contribution in [-0.4, -0.2) is 40.1 Å². The number of nitrogens with one attached hydrogen (secondary N) is 3. The lowest BCUT2D eigenvalue weighted by Gasteiger charge is -2.29. The normalized spacial score (nSPS) is 8.80. The molecule has 0 radical (unpaired) electrons. The molecular weight excluding hydrogens is 204 g/mol. The molecule has 0 aliphatic carbocycles. The zero-order valence-electron chi connectivity index (χ0n) is 7.52. The van der Waals surface area contributed by atoms with Crippen molar-refractivity contribution in [3.05, 3.63) is 0 Å². The predicted octanol–water partition coefficient (Wildman–Crippen LogP) is -3.09. The summed E-state index contributed by atoms with van der Waals surface area (Å²) in [4.78, 5) is 21.2. The Labute approximate surface area is 84.1 Å². The summed E-state index contributed by atoms with van der Waals surface area (Å²) in [5.41, 5.74) is 15.0. The van der Waals surface area contributed by atoms with E-state index in [0.717, 1.165) is 0 Å². The van der Waals surface area contributed by atoms with Crippen molar-refractivity contribution in [3.63, 3.8) is 0 Å². The van der Waals surface area contributed by atoms with Crippen molar-refractivity contribution in [2.75, 3.05) is 0 Å². The first-order chi connectivity index (χ1) is 6.82. The van der Waals surface area contributed by atoms with E-state index in [-0.39, 0.29) is 11.3 Å². The van der Waals surface area contributed by atoms with Gasteiger partial charge in [-0.3, -0.25) is 25.8 Å². The van der Waals surface area contributed by atoms with E-state index in [1.165, 1.54) is 0 Å². The average Bonchev–Trinajstić information content (AvgIpc) is 2.10. The van der Waals surface area contributed by atoms with E-state index in [1.54, 1.807) is 0 Å². The number of amides is 1. The molecule has 0 unspecified atom stereocenters. The third-order valence-electron chi connectivity index (χ3n) is 1.19. The Morgan fingerprint density at radius 3 is 1.47 bits per heavy atom. The van der Waals surface area contributed by atoms with E-state index in [1.807, 2.05) is 0 Å². The number of nitrogens with two attached hydrogens (primary N) is 3. The number of hydrazine groups is 1. The lowest BCUT2D eigenvalue weighted by atomic mass is 10.6. The highest BCUT2D eigenvalue weighted by Crippen LogP contribution is 1.95. The molecule has 0 aromatic carbocycles. The van der Waals surface area contributed by atoms with Gasteiger partial charge in [0.05, 0.1) is 0 Å². The van der Waals surface area contributed by atoms with Crippen molar-refractivity contribution in [2.45, 2.75) is 0 Å². The summed E-state index contributed by atoms with van der Waals surface area (Å²) in [5.74, 6) is -3.81. The van der Waals surface area contributed by atoms with Crippen LogP contribution in [0.1, 0.15) is 0 Å². The van der Waals surface area contributed by atoms with Gasteiger partial charge in [-0.2, -0.15) is 10.0 Å². The molecule has 0 bridgehead atoms. The number of nitrogens with zero attached hydrogens (tertiary/aromatic N) is 2. The van der Waals surface area contributed by atoms with Crippen LogP contribution >= 0.6 is 0 Å². The van der Waals surface area contributed by atoms with Crippen molar-refractivity contribution >= 4 is 30.1 Å². The fourth-order valence-electron chi connectivity index (χ4n) is 0.720. The highest BCUT2D eigenvalue weighted by molar-refractivity contribution is 6.28. The SMILES string of the molecule is N=C(N)N(C(=N)N)N(C(=N)N)C(=O)C=O. The largest absolute Gasteiger partial charge is 0.368 e. The highest BCUT2D eigenvalue weighted by atomic mass is 16.2. The van der Waals surface area contributed by atoms with E-state index in [0.29, 0.717) is 5.01 Å². The van der Waals surface area contributed by atoms with Gasteiger partial charge in [-0.15, -0.1) is 0 Å². The fraction of sp³-hybridized carbons (Fsp3) is 0. The van der Waals surface area contributed by atoms with E-state index in [2.05, 4.69) is 0 Å². The first kappa shape index (κ1) is 12.3. The van der Waals surface area contributed by atoms with Crippen molar-refractivity contribution in [1.82, 2.24) is 10.0 Å². The number of carbonyl (C=O) groups excluding carboxylic acids is 2. The van der Waals surface area contributed by atoms with Gasteiger partial charge in [0.25, 0.3) is 0 Å². The summed E-state index contributed by atoms with van der Waals surface area (Å²) in [6.45, 7) is 0. The molecule has 0 aliphatic heterocycles. The van der Waals surface area contributed by atoms with Gasteiger partial charge in [-0.25, -0.2) is 0 Å². The minimum Gasteiger partial charge on any atom is -0.368 e. The molecule has 0 aromatic rings. The van der Waals surface area contributed by atoms with Crippen LogP contribution in [0.2, 0.25) is 0 Å². The Kier molecular flexibility index (Phi) is 3.74. The third-order valence-corrected chi connectivity index (χ3v) is 1.19. The summed E-state index contributed by atoms with van der Waals surface area (Å²) in [6, 6.07) is 0. The Bertz CT molecular complexity index is 322. The quantitative estimate of drug-likeness (QED) is 0.0880. The Hall–Kier alpha value is -2.65. The zero-order chi connectivity index (χ0) is 12.2. The maximum absolute atomic E-state index is 11.0. The zero-order valence-corrected chi connectivity index (χ0v) is 7.52. The first-order valence-electron chi connectivity index (χ1n) is 3.44. The number of rotatable bonds is 1. The van der Waals surface area contributed by atoms with E-state index >= 15 is 0 Å². The smallest absolute Gasteiger partial charge is 0.313 e. The molecule has 1 amide bonds. The summed E-state index contributed by atoms with van der Waals surface area (Å²) in [5, 5.41) is 21.5. The van der Waals surface area contributed by atoms with Gasteiger partial charge in [-0.05, 0) is 0 Å². The molecule has 0 spiro atoms. The molecule has 82 valence electrons. The molecule has 15 heavy (non-hydrogen) atoms. The minimum absolute atomic E-state index is 0.152. The van der Waals surface area contributed by atoms with E-state index < -0.39 is 23.8 Å². The van der Waals surface area contributed by atoms with Gasteiger partial charge in [0.2, 0.25) is 24.2 Å². The molecule has 10 nitrogen and oxygen atoms in total. The number of hydrogen-bond acceptors (Lipinski definition) is 5. The summed E-state index contributed by atoms with van der Waals surface area (Å²) >= 11 is 0. The van der Waals surface area contributed by atoms with Crippen LogP contribution in [0.3, 0.4) is 0 Å². The second-order valence-electron chi connectivity index (χ2n) is 2.24. The molecule has 0 fully saturated rings. The van der Waals surface area contributed by atoms with Crippen molar-refractivity contribution in [1.29, 1.82) is 16.2 Å². The van der Waals surface area contributed by atoms with Crippen LogP contribution < -0.4 is 17.2 Å². The number of hydrogen-bond donors (Lipinski definition) is 6. The molecule has 0 rings (SSSR count). The van der Waals surface area contributed by atoms with Gasteiger partial charge in [-0.1, -0.05) is 0 Å². The molecule has 10 heteroatoms. The van der Waals surface area contributed by atoms with Gasteiger partial charge in [0.15, 0.2) is 0 Å². The Balaban J connectivity index is 5.28. The molecule has 0 saturated carbocycles. The molecular formula is C5H10N8O2. The monoisotopic (exact) mass is 214 g/mol. The predicted molar refractivity (Wildman–Crippen MR) is 50.5 cm³/mol. The van der Waals surface area contributed by atoms with Crippen LogP contribution in [0.4, 0.5) is 0 Å². The average molecular weight is 214 g/mol. The minimum atomic E-state index is -1.27. The maximum Gasteiger partial charge on any atom is 0.313 e. The lowest BCUT2D eigenvalue weighted by Crippen LogP contribution is -2.61. The Morgan fingerprint density at radius 1 is 0.933 bits per heavy atom. The number of aldehydes is 1. The standard InChI is InChI=1S/C5H10N8O2/c6-3(7)12(2(15)1-14)13(4(8)9)5(10)11/h1H,(H3,6,7)(H3,8,9)(H3,10,11). The van der Waals surface area contributed by atoms with E-state index in [9.17, 15) is 9.59 Å². The van der Waals surface area contributed by atoms with Crippen molar-refractivity contribution in [3.8, 4) is 0 Å². The molecule has 0 atom stereocenters. The molecule has 9 N–H and O–H groups in total. The van der Waals surface area contributed by atoms with Crippen molar-refractivity contribution in [2.24, 2.45) is 17.2 Å². The van der Waals surface area contributed by atoms with Crippen LogP contribution in [0.25, 0.3) is 0 Å². The lowest BCUT2D eigenvalue weighted by molar-refractivity contribution is -0.140. The number of carbonyl (C=O) groups is 2. The molecule has 0 saturated heterocycles. The maximum atomic E-state index is 11.0. The van der Waals surface area contributed by atoms with Gasteiger partial charge < -0.3 is 17.2 Å². The highest BCUT2D eigenvalue weighted by Gasteiger charge is 2.27.